The molecule has 0 heterocycles. The molecule has 0 spiro atoms. The van der Waals surface area contributed by atoms with Crippen molar-refractivity contribution in [3.63, 3.8) is 0 Å². The topological polar surface area (TPSA) is 76.3 Å². The Morgan fingerprint density at radius 2 is 1.18 bits per heavy atom. The van der Waals surface area contributed by atoms with Crippen LogP contribution in [0.1, 0.15) is 16.7 Å². The number of phenolic OH excluding ortho intramolecular Hbond substituents is 3. The van der Waals surface area contributed by atoms with Crippen LogP contribution in [0.25, 0.3) is 0 Å². The van der Waals surface area contributed by atoms with Crippen LogP contribution in [0.4, 0.5) is 0 Å². The minimum atomic E-state index is 0.200. The summed E-state index contributed by atoms with van der Waals surface area (Å²) in [6.45, 7) is 2.22. The summed E-state index contributed by atoms with van der Waals surface area (Å²) in [5.74, 6) is 0.705. The van der Waals surface area contributed by atoms with Gasteiger partial charge in [-0.25, -0.2) is 0 Å². The van der Waals surface area contributed by atoms with E-state index in [-0.39, 0.29) is 17.2 Å². The number of hydrogen-bond donors (Lipinski definition) is 3. The zero-order valence-electron chi connectivity index (χ0n) is 15.6. The third-order valence-corrected chi connectivity index (χ3v) is 4.48. The van der Waals surface area contributed by atoms with Gasteiger partial charge in [0.1, 0.15) is 17.2 Å². The summed E-state index contributed by atoms with van der Waals surface area (Å²) >= 11 is 0. The first-order chi connectivity index (χ1) is 13.6. The summed E-state index contributed by atoms with van der Waals surface area (Å²) in [7, 11) is 0. The molecular weight excluding hydrogens is 352 g/mol. The quantitative estimate of drug-likeness (QED) is 0.521. The Hall–Kier alpha value is -3.31. The molecular formula is C23H24N2O3. The molecule has 0 unspecified atom stereocenters. The summed E-state index contributed by atoms with van der Waals surface area (Å²) in [4.78, 5) is 6.54. The minimum Gasteiger partial charge on any atom is -0.508 e. The Balaban J connectivity index is 1.69. The van der Waals surface area contributed by atoms with Gasteiger partial charge in [0.25, 0.3) is 0 Å². The van der Waals surface area contributed by atoms with Crippen molar-refractivity contribution in [1.82, 2.24) is 4.90 Å². The third-order valence-electron chi connectivity index (χ3n) is 4.48. The minimum absolute atomic E-state index is 0.200. The maximum atomic E-state index is 10.1. The van der Waals surface area contributed by atoms with E-state index in [0.29, 0.717) is 31.7 Å². The monoisotopic (exact) mass is 376 g/mol. The summed E-state index contributed by atoms with van der Waals surface area (Å²) in [6.07, 6.45) is 1.66. The second kappa shape index (κ2) is 9.58. The number of nitrogens with zero attached hydrogens (tertiary/aromatic N) is 2. The van der Waals surface area contributed by atoms with Crippen molar-refractivity contribution in [2.45, 2.75) is 13.1 Å². The largest absolute Gasteiger partial charge is 0.508 e. The van der Waals surface area contributed by atoms with Gasteiger partial charge in [-0.15, -0.1) is 0 Å². The lowest BCUT2D eigenvalue weighted by atomic mass is 10.1. The molecule has 0 saturated heterocycles. The molecule has 0 amide bonds. The lowest BCUT2D eigenvalue weighted by molar-refractivity contribution is 0.257. The van der Waals surface area contributed by atoms with Crippen molar-refractivity contribution in [2.24, 2.45) is 4.99 Å². The van der Waals surface area contributed by atoms with Crippen LogP contribution in [0.3, 0.4) is 0 Å². The highest BCUT2D eigenvalue weighted by atomic mass is 16.3. The van der Waals surface area contributed by atoms with Gasteiger partial charge in [-0.1, -0.05) is 48.5 Å². The molecule has 144 valence electrons. The number of hydrogen-bond acceptors (Lipinski definition) is 5. The van der Waals surface area contributed by atoms with Gasteiger partial charge < -0.3 is 15.3 Å². The molecule has 5 nitrogen and oxygen atoms in total. The van der Waals surface area contributed by atoms with Gasteiger partial charge in [0, 0.05) is 42.5 Å². The van der Waals surface area contributed by atoms with Gasteiger partial charge in [0.15, 0.2) is 0 Å². The van der Waals surface area contributed by atoms with E-state index in [1.54, 1.807) is 48.7 Å². The smallest absolute Gasteiger partial charge is 0.124 e. The molecule has 0 saturated carbocycles. The van der Waals surface area contributed by atoms with Crippen LogP contribution < -0.4 is 0 Å². The first-order valence-electron chi connectivity index (χ1n) is 9.17. The number of aromatic hydroxyl groups is 3. The van der Waals surface area contributed by atoms with Crippen LogP contribution in [-0.2, 0) is 13.1 Å². The molecule has 3 aromatic rings. The standard InChI is InChI=1S/C23H24N2O3/c26-21-10-4-1-7-18(21)15-24-13-14-25(16-19-8-2-5-11-22(19)27)17-20-9-3-6-12-23(20)28/h1-12,15,26-28H,13-14,16-17H2. The van der Waals surface area contributed by atoms with E-state index < -0.39 is 0 Å². The highest BCUT2D eigenvalue weighted by molar-refractivity contribution is 5.83. The molecule has 0 aliphatic heterocycles. The van der Waals surface area contributed by atoms with Gasteiger partial charge >= 0.3 is 0 Å². The molecule has 0 fully saturated rings. The fraction of sp³-hybridized carbons (Fsp3) is 0.174. The summed E-state index contributed by atoms with van der Waals surface area (Å²) in [5.41, 5.74) is 2.32. The van der Waals surface area contributed by atoms with Crippen LogP contribution in [0, 0.1) is 0 Å². The molecule has 0 atom stereocenters. The predicted molar refractivity (Wildman–Crippen MR) is 111 cm³/mol. The van der Waals surface area contributed by atoms with Gasteiger partial charge in [-0.05, 0) is 24.3 Å². The lowest BCUT2D eigenvalue weighted by Gasteiger charge is -2.22. The summed E-state index contributed by atoms with van der Waals surface area (Å²) < 4.78 is 0. The molecule has 3 rings (SSSR count). The Bertz CT molecular complexity index is 893. The molecule has 28 heavy (non-hydrogen) atoms. The van der Waals surface area contributed by atoms with Crippen molar-refractivity contribution in [2.75, 3.05) is 13.1 Å². The van der Waals surface area contributed by atoms with Crippen molar-refractivity contribution < 1.29 is 15.3 Å². The Labute approximate surface area is 164 Å². The van der Waals surface area contributed by atoms with Gasteiger partial charge in [-0.2, -0.15) is 0 Å². The Morgan fingerprint density at radius 3 is 1.71 bits per heavy atom. The van der Waals surface area contributed by atoms with Crippen molar-refractivity contribution >= 4 is 6.21 Å². The highest BCUT2D eigenvalue weighted by Gasteiger charge is 2.11. The van der Waals surface area contributed by atoms with Gasteiger partial charge in [-0.3, -0.25) is 9.89 Å². The van der Waals surface area contributed by atoms with E-state index in [9.17, 15) is 15.3 Å². The summed E-state index contributed by atoms with van der Waals surface area (Å²) in [5, 5.41) is 30.0. The normalized spacial score (nSPS) is 11.3. The van der Waals surface area contributed by atoms with Gasteiger partial charge in [0.2, 0.25) is 0 Å². The predicted octanol–water partition coefficient (Wildman–Crippen LogP) is 3.92. The van der Waals surface area contributed by atoms with Crippen molar-refractivity contribution in [1.29, 1.82) is 0 Å². The zero-order chi connectivity index (χ0) is 19.8. The average molecular weight is 376 g/mol. The van der Waals surface area contributed by atoms with E-state index in [0.717, 1.165) is 11.1 Å². The maximum absolute atomic E-state index is 10.1. The SMILES string of the molecule is Oc1ccccc1C=NCCN(Cc1ccccc1O)Cc1ccccc1O. The molecule has 3 aromatic carbocycles. The van der Waals surface area contributed by atoms with Crippen molar-refractivity contribution in [3.8, 4) is 17.2 Å². The van der Waals surface area contributed by atoms with Crippen LogP contribution in [0.5, 0.6) is 17.2 Å². The second-order valence-corrected chi connectivity index (χ2v) is 6.56. The molecule has 0 bridgehead atoms. The first-order valence-corrected chi connectivity index (χ1v) is 9.17. The van der Waals surface area contributed by atoms with Crippen LogP contribution >= 0.6 is 0 Å². The lowest BCUT2D eigenvalue weighted by Crippen LogP contribution is -2.25. The number of para-hydroxylation sites is 3. The number of aliphatic imine (C=N–C) groups is 1. The molecule has 3 N–H and O–H groups in total. The van der Waals surface area contributed by atoms with Crippen LogP contribution in [0.2, 0.25) is 0 Å². The van der Waals surface area contributed by atoms with Gasteiger partial charge in [0.05, 0.1) is 6.54 Å². The van der Waals surface area contributed by atoms with E-state index in [1.807, 2.05) is 30.3 Å². The van der Waals surface area contributed by atoms with Crippen molar-refractivity contribution in [3.05, 3.63) is 89.5 Å². The molecule has 0 aromatic heterocycles. The third kappa shape index (κ3) is 5.34. The number of phenols is 3. The Kier molecular flexibility index (Phi) is 6.65. The fourth-order valence-corrected chi connectivity index (χ4v) is 2.94. The molecule has 5 heteroatoms. The number of benzene rings is 3. The average Bonchev–Trinajstić information content (AvgIpc) is 2.70. The maximum Gasteiger partial charge on any atom is 0.124 e. The van der Waals surface area contributed by atoms with E-state index >= 15 is 0 Å². The second-order valence-electron chi connectivity index (χ2n) is 6.56. The fourth-order valence-electron chi connectivity index (χ4n) is 2.94. The van der Waals surface area contributed by atoms with Crippen LogP contribution in [0.15, 0.2) is 77.8 Å². The van der Waals surface area contributed by atoms with E-state index in [2.05, 4.69) is 9.89 Å². The zero-order valence-corrected chi connectivity index (χ0v) is 15.6. The molecule has 0 aliphatic rings. The van der Waals surface area contributed by atoms with E-state index in [1.165, 1.54) is 0 Å². The molecule has 0 radical (unpaired) electrons. The summed E-state index contributed by atoms with van der Waals surface area (Å²) in [6, 6.07) is 21.5. The Morgan fingerprint density at radius 1 is 0.679 bits per heavy atom. The molecule has 0 aliphatic carbocycles. The highest BCUT2D eigenvalue weighted by Crippen LogP contribution is 2.22. The van der Waals surface area contributed by atoms with Crippen LogP contribution in [-0.4, -0.2) is 39.5 Å². The number of rotatable bonds is 8. The first kappa shape index (κ1) is 19.5. The van der Waals surface area contributed by atoms with E-state index in [4.69, 9.17) is 0 Å².